The van der Waals surface area contributed by atoms with Gasteiger partial charge in [-0.1, -0.05) is 12.1 Å². The van der Waals surface area contributed by atoms with Crippen LogP contribution < -0.4 is 5.32 Å². The summed E-state index contributed by atoms with van der Waals surface area (Å²) in [6.45, 7) is 1.91. The largest absolute Gasteiger partial charge is 0.508 e. The Balaban J connectivity index is 2.51. The zero-order valence-corrected chi connectivity index (χ0v) is 11.4. The maximum atomic E-state index is 11.8. The minimum absolute atomic E-state index is 0.00174. The van der Waals surface area contributed by atoms with E-state index in [4.69, 9.17) is 5.11 Å². The molecule has 0 aliphatic heterocycles. The number of phenolic OH excluding ortho intramolecular Hbond substituents is 1. The molecule has 0 aliphatic carbocycles. The SMILES string of the molecule is CSC(CO)C(C)NC(=O)Cc1cccc(O)c1. The summed E-state index contributed by atoms with van der Waals surface area (Å²) in [7, 11) is 0. The van der Waals surface area contributed by atoms with Gasteiger partial charge in [0.05, 0.1) is 13.0 Å². The monoisotopic (exact) mass is 269 g/mol. The van der Waals surface area contributed by atoms with E-state index in [1.54, 1.807) is 24.3 Å². The van der Waals surface area contributed by atoms with Crippen LogP contribution in [0.25, 0.3) is 0 Å². The molecule has 2 unspecified atom stereocenters. The first-order chi connectivity index (χ1) is 8.56. The van der Waals surface area contributed by atoms with Crippen LogP contribution in [-0.4, -0.2) is 40.3 Å². The summed E-state index contributed by atoms with van der Waals surface area (Å²) in [6.07, 6.45) is 2.13. The predicted molar refractivity (Wildman–Crippen MR) is 73.8 cm³/mol. The van der Waals surface area contributed by atoms with Gasteiger partial charge in [0.1, 0.15) is 5.75 Å². The second-order valence-corrected chi connectivity index (χ2v) is 5.24. The van der Waals surface area contributed by atoms with Gasteiger partial charge in [-0.15, -0.1) is 0 Å². The van der Waals surface area contributed by atoms with Gasteiger partial charge in [-0.25, -0.2) is 0 Å². The Hall–Kier alpha value is -1.20. The Morgan fingerprint density at radius 1 is 1.50 bits per heavy atom. The lowest BCUT2D eigenvalue weighted by atomic mass is 10.1. The van der Waals surface area contributed by atoms with Crippen molar-refractivity contribution < 1.29 is 15.0 Å². The lowest BCUT2D eigenvalue weighted by Gasteiger charge is -2.21. The number of aromatic hydroxyl groups is 1. The summed E-state index contributed by atoms with van der Waals surface area (Å²) in [4.78, 5) is 11.8. The standard InChI is InChI=1S/C13H19NO3S/c1-9(12(8-15)18-2)14-13(17)7-10-4-3-5-11(16)6-10/h3-6,9,12,15-16H,7-8H2,1-2H3,(H,14,17). The molecule has 0 radical (unpaired) electrons. The van der Waals surface area contributed by atoms with E-state index >= 15 is 0 Å². The molecule has 1 aromatic rings. The Morgan fingerprint density at radius 3 is 2.78 bits per heavy atom. The molecule has 100 valence electrons. The fourth-order valence-corrected chi connectivity index (χ4v) is 2.31. The van der Waals surface area contributed by atoms with Crippen molar-refractivity contribution in [1.29, 1.82) is 0 Å². The van der Waals surface area contributed by atoms with Gasteiger partial charge in [-0.05, 0) is 30.9 Å². The first kappa shape index (κ1) is 14.9. The van der Waals surface area contributed by atoms with Gasteiger partial charge in [0, 0.05) is 11.3 Å². The molecule has 0 bridgehead atoms. The number of carbonyl (C=O) groups excluding carboxylic acids is 1. The molecule has 0 fully saturated rings. The van der Waals surface area contributed by atoms with Crippen molar-refractivity contribution in [3.05, 3.63) is 29.8 Å². The quantitative estimate of drug-likeness (QED) is 0.725. The van der Waals surface area contributed by atoms with E-state index in [2.05, 4.69) is 5.32 Å². The molecule has 0 aliphatic rings. The van der Waals surface area contributed by atoms with Crippen LogP contribution in [0, 0.1) is 0 Å². The lowest BCUT2D eigenvalue weighted by molar-refractivity contribution is -0.121. The second kappa shape index (κ2) is 7.28. The molecule has 1 aromatic carbocycles. The number of carbonyl (C=O) groups is 1. The molecule has 3 N–H and O–H groups in total. The molecular formula is C13H19NO3S. The van der Waals surface area contributed by atoms with Crippen LogP contribution in [0.4, 0.5) is 0 Å². The number of rotatable bonds is 6. The third-order valence-electron chi connectivity index (χ3n) is 2.70. The number of nitrogens with one attached hydrogen (secondary N) is 1. The van der Waals surface area contributed by atoms with Crippen LogP contribution >= 0.6 is 11.8 Å². The Morgan fingerprint density at radius 2 is 2.22 bits per heavy atom. The summed E-state index contributed by atoms with van der Waals surface area (Å²) in [6, 6.07) is 6.55. The van der Waals surface area contributed by atoms with Gasteiger partial charge in [-0.2, -0.15) is 11.8 Å². The molecule has 1 rings (SSSR count). The highest BCUT2D eigenvalue weighted by molar-refractivity contribution is 7.99. The van der Waals surface area contributed by atoms with E-state index in [0.717, 1.165) is 5.56 Å². The molecule has 0 saturated carbocycles. The number of hydrogen-bond acceptors (Lipinski definition) is 4. The maximum Gasteiger partial charge on any atom is 0.224 e. The first-order valence-corrected chi connectivity index (χ1v) is 7.06. The fraction of sp³-hybridized carbons (Fsp3) is 0.462. The van der Waals surface area contributed by atoms with E-state index in [-0.39, 0.29) is 36.0 Å². The van der Waals surface area contributed by atoms with Gasteiger partial charge in [0.2, 0.25) is 5.91 Å². The van der Waals surface area contributed by atoms with Crippen LogP contribution in [0.1, 0.15) is 12.5 Å². The maximum absolute atomic E-state index is 11.8. The van der Waals surface area contributed by atoms with Crippen LogP contribution in [0.3, 0.4) is 0 Å². The Bertz CT molecular complexity index is 394. The first-order valence-electron chi connectivity index (χ1n) is 5.77. The van der Waals surface area contributed by atoms with Gasteiger partial charge >= 0.3 is 0 Å². The summed E-state index contributed by atoms with van der Waals surface area (Å²) in [5.74, 6) is 0.0475. The summed E-state index contributed by atoms with van der Waals surface area (Å²) in [5.41, 5.74) is 0.768. The number of benzene rings is 1. The predicted octanol–water partition coefficient (Wildman–Crippen LogP) is 1.16. The van der Waals surface area contributed by atoms with Crippen molar-refractivity contribution in [2.45, 2.75) is 24.6 Å². The fourth-order valence-electron chi connectivity index (χ4n) is 1.69. The highest BCUT2D eigenvalue weighted by Gasteiger charge is 2.17. The summed E-state index contributed by atoms with van der Waals surface area (Å²) < 4.78 is 0. The van der Waals surface area contributed by atoms with Crippen LogP contribution in [0.2, 0.25) is 0 Å². The second-order valence-electron chi connectivity index (χ2n) is 4.16. The zero-order valence-electron chi connectivity index (χ0n) is 10.6. The normalized spacial score (nSPS) is 13.9. The Labute approximate surface area is 111 Å². The van der Waals surface area contributed by atoms with Crippen LogP contribution in [-0.2, 0) is 11.2 Å². The molecule has 2 atom stereocenters. The molecule has 0 saturated heterocycles. The van der Waals surface area contributed by atoms with Crippen molar-refractivity contribution >= 4 is 17.7 Å². The minimum atomic E-state index is -0.111. The Kier molecular flexibility index (Phi) is 6.01. The minimum Gasteiger partial charge on any atom is -0.508 e. The number of amides is 1. The molecule has 5 heteroatoms. The average molecular weight is 269 g/mol. The van der Waals surface area contributed by atoms with Gasteiger partial charge < -0.3 is 15.5 Å². The number of aliphatic hydroxyl groups is 1. The van der Waals surface area contributed by atoms with E-state index in [0.29, 0.717) is 0 Å². The smallest absolute Gasteiger partial charge is 0.224 e. The van der Waals surface area contributed by atoms with Crippen molar-refractivity contribution in [3.63, 3.8) is 0 Å². The summed E-state index contributed by atoms with van der Waals surface area (Å²) >= 11 is 1.52. The molecule has 4 nitrogen and oxygen atoms in total. The molecular weight excluding hydrogens is 250 g/mol. The molecule has 0 aromatic heterocycles. The van der Waals surface area contributed by atoms with Crippen molar-refractivity contribution in [2.24, 2.45) is 0 Å². The van der Waals surface area contributed by atoms with Crippen molar-refractivity contribution in [1.82, 2.24) is 5.32 Å². The highest BCUT2D eigenvalue weighted by atomic mass is 32.2. The van der Waals surface area contributed by atoms with E-state index < -0.39 is 0 Å². The molecule has 18 heavy (non-hydrogen) atoms. The van der Waals surface area contributed by atoms with Crippen molar-refractivity contribution in [3.8, 4) is 5.75 Å². The third-order valence-corrected chi connectivity index (χ3v) is 3.87. The van der Waals surface area contributed by atoms with Crippen LogP contribution in [0.5, 0.6) is 5.75 Å². The number of hydrogen-bond donors (Lipinski definition) is 3. The molecule has 0 heterocycles. The summed E-state index contributed by atoms with van der Waals surface area (Å²) in [5, 5.41) is 21.3. The molecule has 0 spiro atoms. The zero-order chi connectivity index (χ0) is 13.5. The molecule has 1 amide bonds. The number of aliphatic hydroxyl groups excluding tert-OH is 1. The highest BCUT2D eigenvalue weighted by Crippen LogP contribution is 2.13. The topological polar surface area (TPSA) is 69.6 Å². The average Bonchev–Trinajstić information content (AvgIpc) is 2.30. The lowest BCUT2D eigenvalue weighted by Crippen LogP contribution is -2.41. The third kappa shape index (κ3) is 4.58. The van der Waals surface area contributed by atoms with Gasteiger partial charge in [0.15, 0.2) is 0 Å². The van der Waals surface area contributed by atoms with Crippen molar-refractivity contribution in [2.75, 3.05) is 12.9 Å². The number of phenols is 1. The van der Waals surface area contributed by atoms with E-state index in [1.807, 2.05) is 13.2 Å². The van der Waals surface area contributed by atoms with Crippen LogP contribution in [0.15, 0.2) is 24.3 Å². The number of thioether (sulfide) groups is 1. The van der Waals surface area contributed by atoms with Gasteiger partial charge in [0.25, 0.3) is 0 Å². The van der Waals surface area contributed by atoms with Gasteiger partial charge in [-0.3, -0.25) is 4.79 Å². The van der Waals surface area contributed by atoms with E-state index in [1.165, 1.54) is 11.8 Å². The van der Waals surface area contributed by atoms with E-state index in [9.17, 15) is 9.90 Å².